The van der Waals surface area contributed by atoms with E-state index in [0.717, 1.165) is 25.1 Å². The third kappa shape index (κ3) is 3.83. The number of aliphatic hydroxyl groups is 1. The Morgan fingerprint density at radius 1 is 1.29 bits per heavy atom. The zero-order valence-electron chi connectivity index (χ0n) is 14.7. The van der Waals surface area contributed by atoms with E-state index in [0.29, 0.717) is 13.1 Å². The van der Waals surface area contributed by atoms with Gasteiger partial charge in [0.15, 0.2) is 0 Å². The predicted octanol–water partition coefficient (Wildman–Crippen LogP) is 2.76. The molecule has 3 unspecified atom stereocenters. The van der Waals surface area contributed by atoms with E-state index in [4.69, 9.17) is 0 Å². The first-order chi connectivity index (χ1) is 11.5. The summed E-state index contributed by atoms with van der Waals surface area (Å²) in [5, 5.41) is 13.1. The Balaban J connectivity index is 1.61. The number of carbonyl (C=O) groups is 1. The Labute approximate surface area is 144 Å². The van der Waals surface area contributed by atoms with Gasteiger partial charge in [0.05, 0.1) is 12.1 Å². The standard InChI is InChI=1S/C19H29N3O2/c1-14-8-11-22(13-18(14)23)19(24)20-15(2)16-6-5-7-17(12-16)21-9-3-4-10-21/h5-7,12,14-15,18,23H,3-4,8-11,13H2,1-2H3,(H,20,24). The number of nitrogens with one attached hydrogen (secondary N) is 1. The molecule has 2 saturated heterocycles. The summed E-state index contributed by atoms with van der Waals surface area (Å²) in [5.41, 5.74) is 2.37. The molecule has 3 rings (SSSR count). The number of hydrogen-bond donors (Lipinski definition) is 2. The number of hydrogen-bond acceptors (Lipinski definition) is 3. The van der Waals surface area contributed by atoms with Gasteiger partial charge in [-0.1, -0.05) is 19.1 Å². The van der Waals surface area contributed by atoms with E-state index in [1.54, 1.807) is 4.90 Å². The summed E-state index contributed by atoms with van der Waals surface area (Å²) in [5.74, 6) is 0.267. The third-order valence-electron chi connectivity index (χ3n) is 5.39. The van der Waals surface area contributed by atoms with Crippen molar-refractivity contribution >= 4 is 11.7 Å². The Hall–Kier alpha value is -1.75. The molecule has 2 fully saturated rings. The van der Waals surface area contributed by atoms with Crippen molar-refractivity contribution in [2.24, 2.45) is 5.92 Å². The van der Waals surface area contributed by atoms with Crippen LogP contribution >= 0.6 is 0 Å². The van der Waals surface area contributed by atoms with Gasteiger partial charge in [-0.3, -0.25) is 0 Å². The Morgan fingerprint density at radius 3 is 2.75 bits per heavy atom. The number of rotatable bonds is 3. The van der Waals surface area contributed by atoms with E-state index in [-0.39, 0.29) is 18.0 Å². The number of anilines is 1. The van der Waals surface area contributed by atoms with E-state index in [1.165, 1.54) is 18.5 Å². The second-order valence-electron chi connectivity index (χ2n) is 7.24. The molecular formula is C19H29N3O2. The summed E-state index contributed by atoms with van der Waals surface area (Å²) < 4.78 is 0. The van der Waals surface area contributed by atoms with E-state index in [1.807, 2.05) is 13.8 Å². The van der Waals surface area contributed by atoms with Crippen molar-refractivity contribution in [1.82, 2.24) is 10.2 Å². The van der Waals surface area contributed by atoms with Crippen LogP contribution in [0.3, 0.4) is 0 Å². The highest BCUT2D eigenvalue weighted by Crippen LogP contribution is 2.24. The molecule has 24 heavy (non-hydrogen) atoms. The van der Waals surface area contributed by atoms with E-state index < -0.39 is 6.10 Å². The SMILES string of the molecule is CC(NC(=O)N1CCC(C)C(O)C1)c1cccc(N2CCCC2)c1. The number of carbonyl (C=O) groups excluding carboxylic acids is 1. The molecule has 0 aliphatic carbocycles. The highest BCUT2D eigenvalue weighted by molar-refractivity contribution is 5.75. The summed E-state index contributed by atoms with van der Waals surface area (Å²) >= 11 is 0. The van der Waals surface area contributed by atoms with E-state index in [9.17, 15) is 9.90 Å². The van der Waals surface area contributed by atoms with Gasteiger partial charge in [-0.05, 0) is 49.8 Å². The van der Waals surface area contributed by atoms with Gasteiger partial charge in [0.1, 0.15) is 0 Å². The average Bonchev–Trinajstić information content (AvgIpc) is 3.12. The molecule has 2 N–H and O–H groups in total. The molecule has 0 aromatic heterocycles. The number of urea groups is 1. The van der Waals surface area contributed by atoms with Gasteiger partial charge < -0.3 is 20.2 Å². The quantitative estimate of drug-likeness (QED) is 0.895. The minimum Gasteiger partial charge on any atom is -0.391 e. The van der Waals surface area contributed by atoms with Gasteiger partial charge in [-0.15, -0.1) is 0 Å². The second kappa shape index (κ2) is 7.43. The number of aliphatic hydroxyl groups excluding tert-OH is 1. The number of piperidine rings is 1. The first-order valence-electron chi connectivity index (χ1n) is 9.13. The van der Waals surface area contributed by atoms with Crippen LogP contribution in [-0.2, 0) is 0 Å². The maximum absolute atomic E-state index is 12.5. The van der Waals surface area contributed by atoms with Crippen LogP contribution in [-0.4, -0.2) is 48.3 Å². The smallest absolute Gasteiger partial charge is 0.317 e. The van der Waals surface area contributed by atoms with Gasteiger partial charge in [-0.2, -0.15) is 0 Å². The average molecular weight is 331 g/mol. The summed E-state index contributed by atoms with van der Waals surface area (Å²) in [6, 6.07) is 8.33. The molecule has 2 amide bonds. The molecule has 3 atom stereocenters. The lowest BCUT2D eigenvalue weighted by Gasteiger charge is -2.35. The molecule has 0 saturated carbocycles. The molecule has 2 heterocycles. The van der Waals surface area contributed by atoms with Crippen LogP contribution in [0.1, 0.15) is 44.7 Å². The summed E-state index contributed by atoms with van der Waals surface area (Å²) in [6.45, 7) is 7.43. The van der Waals surface area contributed by atoms with Crippen molar-refractivity contribution in [3.8, 4) is 0 Å². The fraction of sp³-hybridized carbons (Fsp3) is 0.632. The highest BCUT2D eigenvalue weighted by atomic mass is 16.3. The van der Waals surface area contributed by atoms with Crippen molar-refractivity contribution in [3.63, 3.8) is 0 Å². The van der Waals surface area contributed by atoms with Crippen LogP contribution in [0.5, 0.6) is 0 Å². The summed E-state index contributed by atoms with van der Waals surface area (Å²) in [6.07, 6.45) is 2.95. The van der Waals surface area contributed by atoms with Crippen LogP contribution in [0, 0.1) is 5.92 Å². The lowest BCUT2D eigenvalue weighted by Crippen LogP contribution is -2.50. The molecule has 5 nitrogen and oxygen atoms in total. The normalized spacial score (nSPS) is 25.6. The fourth-order valence-corrected chi connectivity index (χ4v) is 3.56. The maximum atomic E-state index is 12.5. The number of β-amino-alcohol motifs (C(OH)–C–C–N with tert-alkyl or cyclic N) is 1. The van der Waals surface area contributed by atoms with E-state index in [2.05, 4.69) is 34.5 Å². The van der Waals surface area contributed by atoms with Crippen LogP contribution in [0.4, 0.5) is 10.5 Å². The van der Waals surface area contributed by atoms with Crippen LogP contribution in [0.15, 0.2) is 24.3 Å². The van der Waals surface area contributed by atoms with E-state index >= 15 is 0 Å². The fourth-order valence-electron chi connectivity index (χ4n) is 3.56. The van der Waals surface area contributed by atoms with Gasteiger partial charge >= 0.3 is 6.03 Å². The molecule has 2 aliphatic heterocycles. The number of benzene rings is 1. The molecule has 0 spiro atoms. The molecule has 5 heteroatoms. The zero-order valence-corrected chi connectivity index (χ0v) is 14.7. The van der Waals surface area contributed by atoms with Crippen molar-refractivity contribution in [3.05, 3.63) is 29.8 Å². The largest absolute Gasteiger partial charge is 0.391 e. The minimum atomic E-state index is -0.418. The van der Waals surface area contributed by atoms with Crippen molar-refractivity contribution < 1.29 is 9.90 Å². The summed E-state index contributed by atoms with van der Waals surface area (Å²) in [7, 11) is 0. The van der Waals surface area contributed by atoms with Crippen molar-refractivity contribution in [2.75, 3.05) is 31.1 Å². The Kier molecular flexibility index (Phi) is 5.29. The molecule has 132 valence electrons. The van der Waals surface area contributed by atoms with Crippen molar-refractivity contribution in [2.45, 2.75) is 45.3 Å². The van der Waals surface area contributed by atoms with Crippen LogP contribution in [0.2, 0.25) is 0 Å². The van der Waals surface area contributed by atoms with Crippen LogP contribution in [0.25, 0.3) is 0 Å². The predicted molar refractivity (Wildman–Crippen MR) is 96.2 cm³/mol. The Bertz CT molecular complexity index is 571. The number of likely N-dealkylation sites (tertiary alicyclic amines) is 1. The number of amides is 2. The summed E-state index contributed by atoms with van der Waals surface area (Å²) in [4.78, 5) is 16.6. The maximum Gasteiger partial charge on any atom is 0.317 e. The molecular weight excluding hydrogens is 302 g/mol. The first kappa shape index (κ1) is 17.1. The van der Waals surface area contributed by atoms with Gasteiger partial charge in [0.2, 0.25) is 0 Å². The Morgan fingerprint density at radius 2 is 2.04 bits per heavy atom. The molecule has 1 aromatic carbocycles. The lowest BCUT2D eigenvalue weighted by atomic mass is 9.96. The van der Waals surface area contributed by atoms with Gasteiger partial charge in [-0.25, -0.2) is 4.79 Å². The van der Waals surface area contributed by atoms with Gasteiger partial charge in [0.25, 0.3) is 0 Å². The topological polar surface area (TPSA) is 55.8 Å². The monoisotopic (exact) mass is 331 g/mol. The minimum absolute atomic E-state index is 0.0449. The third-order valence-corrected chi connectivity index (χ3v) is 5.39. The molecule has 2 aliphatic rings. The lowest BCUT2D eigenvalue weighted by molar-refractivity contribution is 0.0431. The van der Waals surface area contributed by atoms with Crippen LogP contribution < -0.4 is 10.2 Å². The molecule has 0 bridgehead atoms. The first-order valence-corrected chi connectivity index (χ1v) is 9.13. The number of nitrogens with zero attached hydrogens (tertiary/aromatic N) is 2. The second-order valence-corrected chi connectivity index (χ2v) is 7.24. The highest BCUT2D eigenvalue weighted by Gasteiger charge is 2.28. The van der Waals surface area contributed by atoms with Crippen molar-refractivity contribution in [1.29, 1.82) is 0 Å². The molecule has 1 aromatic rings. The molecule has 0 radical (unpaired) electrons. The van der Waals surface area contributed by atoms with Gasteiger partial charge in [0, 0.05) is 31.9 Å². The zero-order chi connectivity index (χ0) is 17.1.